The van der Waals surface area contributed by atoms with E-state index in [1.54, 1.807) is 37.6 Å². The Morgan fingerprint density at radius 3 is 2.10 bits per heavy atom. The highest BCUT2D eigenvalue weighted by Gasteiger charge is 2.23. The van der Waals surface area contributed by atoms with Gasteiger partial charge in [0.15, 0.2) is 5.82 Å². The number of hydrogen-bond acceptors (Lipinski definition) is 8. The van der Waals surface area contributed by atoms with Crippen LogP contribution < -0.4 is 36.1 Å². The van der Waals surface area contributed by atoms with Gasteiger partial charge in [-0.25, -0.2) is 4.39 Å². The van der Waals surface area contributed by atoms with E-state index >= 15 is 4.39 Å². The Morgan fingerprint density at radius 1 is 0.820 bits per heavy atom. The summed E-state index contributed by atoms with van der Waals surface area (Å²) in [4.78, 5) is 27.6. The van der Waals surface area contributed by atoms with Crippen LogP contribution in [0.2, 0.25) is 10.0 Å². The summed E-state index contributed by atoms with van der Waals surface area (Å²) in [5, 5.41) is 16.4. The number of carbonyl (C=O) groups excluding carboxylic acids is 2. The smallest absolute Gasteiger partial charge is 0.220 e. The maximum Gasteiger partial charge on any atom is 0.220 e. The van der Waals surface area contributed by atoms with Gasteiger partial charge in [0.05, 0.1) is 35.6 Å². The molecule has 10 nitrogen and oxygen atoms in total. The van der Waals surface area contributed by atoms with Crippen molar-refractivity contribution < 1.29 is 23.5 Å². The molecule has 2 saturated heterocycles. The average Bonchev–Trinajstić information content (AvgIpc) is 3.74. The van der Waals surface area contributed by atoms with E-state index in [9.17, 15) is 9.59 Å². The number of methoxy groups -OCH3 is 2. The first-order chi connectivity index (χ1) is 24.2. The molecule has 4 aromatic rings. The Bertz CT molecular complexity index is 1890. The number of nitrogens with zero attached hydrogens (tertiary/aromatic N) is 1. The van der Waals surface area contributed by atoms with Gasteiger partial charge < -0.3 is 36.1 Å². The van der Waals surface area contributed by atoms with Gasteiger partial charge in [-0.2, -0.15) is 0 Å². The normalized spacial score (nSPS) is 17.1. The fraction of sp³-hybridized carbons (Fsp3) is 0.324. The van der Waals surface area contributed by atoms with Gasteiger partial charge >= 0.3 is 0 Å². The van der Waals surface area contributed by atoms with Crippen LogP contribution in [0.15, 0.2) is 60.8 Å². The summed E-state index contributed by atoms with van der Waals surface area (Å²) in [5.74, 6) is 0.645. The second-order valence-corrected chi connectivity index (χ2v) is 13.1. The van der Waals surface area contributed by atoms with Crippen molar-refractivity contribution in [2.24, 2.45) is 0 Å². The van der Waals surface area contributed by atoms with Crippen molar-refractivity contribution in [2.45, 2.75) is 50.9 Å². The van der Waals surface area contributed by atoms with E-state index in [1.807, 2.05) is 30.3 Å². The van der Waals surface area contributed by atoms with Crippen molar-refractivity contribution in [3.05, 3.63) is 87.8 Å². The van der Waals surface area contributed by atoms with E-state index in [1.165, 1.54) is 7.11 Å². The highest BCUT2D eigenvalue weighted by molar-refractivity contribution is 6.39. The molecule has 2 aliphatic heterocycles. The molecule has 3 heterocycles. The maximum absolute atomic E-state index is 15.9. The van der Waals surface area contributed by atoms with Crippen molar-refractivity contribution in [2.75, 3.05) is 32.6 Å². The number of hydrogen-bond donors (Lipinski definition) is 5. The summed E-state index contributed by atoms with van der Waals surface area (Å²) >= 11 is 14.0. The summed E-state index contributed by atoms with van der Waals surface area (Å²) in [6.07, 6.45) is 4.32. The lowest BCUT2D eigenvalue weighted by Crippen LogP contribution is -2.35. The van der Waals surface area contributed by atoms with Gasteiger partial charge in [-0.1, -0.05) is 53.5 Å². The second kappa shape index (κ2) is 16.1. The fourth-order valence-electron chi connectivity index (χ4n) is 6.31. The molecular formula is C37H39Cl2FN6O4. The Kier molecular flexibility index (Phi) is 11.4. The molecule has 13 heteroatoms. The summed E-state index contributed by atoms with van der Waals surface area (Å²) in [5.41, 5.74) is 4.60. The molecule has 1 aromatic heterocycles. The third kappa shape index (κ3) is 7.97. The zero-order valence-corrected chi connectivity index (χ0v) is 29.3. The number of carbonyl (C=O) groups is 2. The monoisotopic (exact) mass is 720 g/mol. The van der Waals surface area contributed by atoms with Crippen LogP contribution in [0.4, 0.5) is 15.8 Å². The van der Waals surface area contributed by atoms with Crippen molar-refractivity contribution >= 4 is 46.4 Å². The van der Waals surface area contributed by atoms with Crippen LogP contribution in [0.25, 0.3) is 22.4 Å². The van der Waals surface area contributed by atoms with Crippen molar-refractivity contribution in [3.63, 3.8) is 0 Å². The molecule has 6 rings (SSSR count). The Morgan fingerprint density at radius 2 is 1.46 bits per heavy atom. The topological polar surface area (TPSA) is 126 Å². The predicted molar refractivity (Wildman–Crippen MR) is 194 cm³/mol. The molecule has 2 fully saturated rings. The van der Waals surface area contributed by atoms with Crippen LogP contribution in [-0.2, 0) is 22.7 Å². The number of anilines is 2. The largest absolute Gasteiger partial charge is 0.496 e. The number of halogens is 3. The van der Waals surface area contributed by atoms with Crippen LogP contribution in [0.1, 0.15) is 36.8 Å². The first-order valence-corrected chi connectivity index (χ1v) is 17.2. The molecule has 0 spiro atoms. The van der Waals surface area contributed by atoms with Gasteiger partial charge in [-0.15, -0.1) is 0 Å². The highest BCUT2D eigenvalue weighted by Crippen LogP contribution is 2.43. The molecular weight excluding hydrogens is 682 g/mol. The van der Waals surface area contributed by atoms with Crippen molar-refractivity contribution in [1.29, 1.82) is 0 Å². The van der Waals surface area contributed by atoms with Gasteiger partial charge in [-0.05, 0) is 37.1 Å². The number of amides is 2. The molecule has 2 unspecified atom stereocenters. The van der Waals surface area contributed by atoms with E-state index in [2.05, 4.69) is 31.6 Å². The highest BCUT2D eigenvalue weighted by atomic mass is 35.5. The molecule has 0 bridgehead atoms. The fourth-order valence-corrected chi connectivity index (χ4v) is 6.91. The third-order valence-electron chi connectivity index (χ3n) is 8.98. The first-order valence-electron chi connectivity index (χ1n) is 16.5. The van der Waals surface area contributed by atoms with E-state index in [4.69, 9.17) is 32.7 Å². The standard InChI is InChI=1S/C37H39Cl2FN6O4/c1-49-29-11-8-23(18-42-20-25-10-13-32(48)45-25)35(40)37(29)46-28-5-3-4-26(33(28)38)27-14-15-43-36(34(27)39)21-6-7-22(30(16-21)50-2)17-41-19-24-9-12-31(47)44-24/h3-8,11,14-16,24-25,41-42,46H,9-10,12-13,17-20H2,1-2H3,(H,44,47)(H,45,48). The molecule has 0 radical (unpaired) electrons. The summed E-state index contributed by atoms with van der Waals surface area (Å²) in [6.45, 7) is 2.05. The Labute approximate surface area is 300 Å². The van der Waals surface area contributed by atoms with Crippen LogP contribution in [0, 0.1) is 5.82 Å². The number of rotatable bonds is 14. The molecule has 0 saturated carbocycles. The van der Waals surface area contributed by atoms with E-state index in [0.717, 1.165) is 24.0 Å². The molecule has 3 aromatic carbocycles. The average molecular weight is 722 g/mol. The number of pyridine rings is 1. The zero-order valence-electron chi connectivity index (χ0n) is 27.8. The number of nitrogens with one attached hydrogen (secondary N) is 5. The van der Waals surface area contributed by atoms with Crippen LogP contribution in [-0.4, -0.2) is 56.2 Å². The minimum atomic E-state index is -0.476. The number of ether oxygens (including phenoxy) is 2. The third-order valence-corrected chi connectivity index (χ3v) is 9.77. The van der Waals surface area contributed by atoms with Gasteiger partial charge in [0.2, 0.25) is 11.8 Å². The predicted octanol–water partition coefficient (Wildman–Crippen LogP) is 6.36. The zero-order chi connectivity index (χ0) is 35.2. The summed E-state index contributed by atoms with van der Waals surface area (Å²) in [6, 6.07) is 16.5. The SMILES string of the molecule is COc1cc(-c2nccc(-c3cccc(Nc4c(OC)ccc(CNCC5CCC(=O)N5)c4F)c3Cl)c2Cl)ccc1CNCC1CCC(=O)N1. The lowest BCUT2D eigenvalue weighted by atomic mass is 10.0. The first kappa shape index (κ1) is 35.4. The number of benzene rings is 3. The minimum absolute atomic E-state index is 0.0333. The van der Waals surface area contributed by atoms with Gasteiger partial charge in [-0.3, -0.25) is 14.6 Å². The molecule has 2 atom stereocenters. The summed E-state index contributed by atoms with van der Waals surface area (Å²) in [7, 11) is 3.09. The van der Waals surface area contributed by atoms with Crippen molar-refractivity contribution in [1.82, 2.24) is 26.3 Å². The molecule has 2 amide bonds. The Hall–Kier alpha value is -4.42. The van der Waals surface area contributed by atoms with E-state index in [-0.39, 0.29) is 36.1 Å². The molecule has 2 aliphatic rings. The molecule has 262 valence electrons. The van der Waals surface area contributed by atoms with Crippen molar-refractivity contribution in [3.8, 4) is 33.9 Å². The number of aromatic nitrogens is 1. The second-order valence-electron chi connectivity index (χ2n) is 12.3. The van der Waals surface area contributed by atoms with E-state index in [0.29, 0.717) is 82.1 Å². The van der Waals surface area contributed by atoms with Gasteiger partial charge in [0, 0.05) is 85.1 Å². The van der Waals surface area contributed by atoms with E-state index < -0.39 is 5.82 Å². The van der Waals surface area contributed by atoms with Crippen LogP contribution >= 0.6 is 23.2 Å². The minimum Gasteiger partial charge on any atom is -0.496 e. The molecule has 0 aliphatic carbocycles. The van der Waals surface area contributed by atoms with Crippen LogP contribution in [0.3, 0.4) is 0 Å². The van der Waals surface area contributed by atoms with Gasteiger partial charge in [0.1, 0.15) is 17.2 Å². The lowest BCUT2D eigenvalue weighted by molar-refractivity contribution is -0.120. The summed E-state index contributed by atoms with van der Waals surface area (Å²) < 4.78 is 27.1. The van der Waals surface area contributed by atoms with Gasteiger partial charge in [0.25, 0.3) is 0 Å². The maximum atomic E-state index is 15.9. The molecule has 5 N–H and O–H groups in total. The van der Waals surface area contributed by atoms with Crippen LogP contribution in [0.5, 0.6) is 11.5 Å². The lowest BCUT2D eigenvalue weighted by Gasteiger charge is -2.18. The molecule has 50 heavy (non-hydrogen) atoms. The quantitative estimate of drug-likeness (QED) is 0.102. The Balaban J connectivity index is 1.21.